The molecule has 0 spiro atoms. The first-order valence-corrected chi connectivity index (χ1v) is 7.36. The minimum atomic E-state index is -0.217. The van der Waals surface area contributed by atoms with E-state index in [9.17, 15) is 4.39 Å². The first-order chi connectivity index (χ1) is 10.2. The third kappa shape index (κ3) is 4.82. The Morgan fingerprint density at radius 2 is 2.33 bits per heavy atom. The van der Waals surface area contributed by atoms with Gasteiger partial charge in [-0.25, -0.2) is 4.39 Å². The molecule has 1 atom stereocenters. The molecule has 1 saturated heterocycles. The van der Waals surface area contributed by atoms with Gasteiger partial charge < -0.3 is 9.84 Å². The summed E-state index contributed by atoms with van der Waals surface area (Å²) >= 11 is 0. The summed E-state index contributed by atoms with van der Waals surface area (Å²) in [6, 6.07) is 5.10. The second kappa shape index (κ2) is 8.14. The van der Waals surface area contributed by atoms with Crippen molar-refractivity contribution in [1.29, 1.82) is 0 Å². The van der Waals surface area contributed by atoms with E-state index < -0.39 is 0 Å². The molecule has 1 aliphatic rings. The van der Waals surface area contributed by atoms with Crippen molar-refractivity contribution in [2.75, 3.05) is 26.8 Å². The maximum absolute atomic E-state index is 14.1. The number of aliphatic hydroxyl groups excluding tert-OH is 1. The molecule has 114 valence electrons. The maximum atomic E-state index is 14.1. The number of halogens is 1. The zero-order valence-corrected chi connectivity index (χ0v) is 12.4. The van der Waals surface area contributed by atoms with Gasteiger partial charge in [-0.1, -0.05) is 17.9 Å². The van der Waals surface area contributed by atoms with Crippen LogP contribution in [0.2, 0.25) is 0 Å². The van der Waals surface area contributed by atoms with Gasteiger partial charge in [0.25, 0.3) is 0 Å². The quantitative estimate of drug-likeness (QED) is 0.863. The average Bonchev–Trinajstić information content (AvgIpc) is 2.50. The topological polar surface area (TPSA) is 32.7 Å². The highest BCUT2D eigenvalue weighted by Gasteiger charge is 2.20. The summed E-state index contributed by atoms with van der Waals surface area (Å²) in [6.07, 6.45) is 2.83. The Morgan fingerprint density at radius 1 is 1.48 bits per heavy atom. The van der Waals surface area contributed by atoms with Crippen LogP contribution >= 0.6 is 0 Å². The molecule has 0 saturated carbocycles. The molecular weight excluding hydrogens is 269 g/mol. The van der Waals surface area contributed by atoms with Crippen LogP contribution in [0.25, 0.3) is 0 Å². The summed E-state index contributed by atoms with van der Waals surface area (Å²) in [5, 5.41) is 8.67. The number of likely N-dealkylation sites (tertiary alicyclic amines) is 1. The molecule has 1 heterocycles. The molecule has 1 aliphatic heterocycles. The second-order valence-corrected chi connectivity index (χ2v) is 5.32. The molecule has 0 aliphatic carbocycles. The number of benzene rings is 1. The number of piperidine rings is 1. The Morgan fingerprint density at radius 3 is 3.05 bits per heavy atom. The Kier molecular flexibility index (Phi) is 6.19. The van der Waals surface area contributed by atoms with Gasteiger partial charge in [0.05, 0.1) is 12.7 Å². The maximum Gasteiger partial charge on any atom is 0.128 e. The Balaban J connectivity index is 1.99. The highest BCUT2D eigenvalue weighted by Crippen LogP contribution is 2.18. The predicted molar refractivity (Wildman–Crippen MR) is 80.3 cm³/mol. The number of ether oxygens (including phenoxy) is 1. The Labute approximate surface area is 125 Å². The summed E-state index contributed by atoms with van der Waals surface area (Å²) in [4.78, 5) is 2.23. The van der Waals surface area contributed by atoms with Crippen LogP contribution in [-0.2, 0) is 11.3 Å². The zero-order valence-electron chi connectivity index (χ0n) is 12.4. The van der Waals surface area contributed by atoms with Gasteiger partial charge >= 0.3 is 0 Å². The van der Waals surface area contributed by atoms with E-state index in [4.69, 9.17) is 9.84 Å². The number of nitrogens with zero attached hydrogens (tertiary/aromatic N) is 1. The smallest absolute Gasteiger partial charge is 0.128 e. The molecule has 1 aromatic rings. The first-order valence-electron chi connectivity index (χ1n) is 7.36. The van der Waals surface area contributed by atoms with E-state index in [0.717, 1.165) is 25.9 Å². The second-order valence-electron chi connectivity index (χ2n) is 5.32. The van der Waals surface area contributed by atoms with Gasteiger partial charge in [-0.2, -0.15) is 0 Å². The van der Waals surface area contributed by atoms with Crippen LogP contribution in [-0.4, -0.2) is 42.9 Å². The SMILES string of the molecule is COC1CCCN(Cc2ccc(C#CCCO)cc2F)C1. The van der Waals surface area contributed by atoms with Crippen LogP contribution in [0.15, 0.2) is 18.2 Å². The molecule has 1 unspecified atom stereocenters. The number of hydrogen-bond donors (Lipinski definition) is 1. The van der Waals surface area contributed by atoms with Crippen LogP contribution in [0.1, 0.15) is 30.4 Å². The highest BCUT2D eigenvalue weighted by molar-refractivity contribution is 5.37. The van der Waals surface area contributed by atoms with E-state index >= 15 is 0 Å². The molecule has 4 heteroatoms. The summed E-state index contributed by atoms with van der Waals surface area (Å²) in [5.74, 6) is 5.43. The molecule has 21 heavy (non-hydrogen) atoms. The lowest BCUT2D eigenvalue weighted by molar-refractivity contribution is 0.0282. The van der Waals surface area contributed by atoms with Crippen LogP contribution in [0.3, 0.4) is 0 Å². The fourth-order valence-electron chi connectivity index (χ4n) is 2.56. The van der Waals surface area contributed by atoms with Crippen molar-refractivity contribution in [3.8, 4) is 11.8 Å². The molecule has 1 aromatic carbocycles. The van der Waals surface area contributed by atoms with Crippen LogP contribution in [0.4, 0.5) is 4.39 Å². The summed E-state index contributed by atoms with van der Waals surface area (Å²) in [7, 11) is 1.73. The normalized spacial score (nSPS) is 19.1. The van der Waals surface area contributed by atoms with Crippen molar-refractivity contribution in [2.45, 2.75) is 31.9 Å². The van der Waals surface area contributed by atoms with E-state index in [-0.39, 0.29) is 18.5 Å². The minimum Gasteiger partial charge on any atom is -0.395 e. The molecule has 1 fully saturated rings. The number of hydrogen-bond acceptors (Lipinski definition) is 3. The van der Waals surface area contributed by atoms with Crippen molar-refractivity contribution in [2.24, 2.45) is 0 Å². The Bertz CT molecular complexity index is 521. The van der Waals surface area contributed by atoms with Gasteiger partial charge in [0.1, 0.15) is 5.82 Å². The zero-order chi connectivity index (χ0) is 15.1. The molecule has 3 nitrogen and oxygen atoms in total. The van der Waals surface area contributed by atoms with E-state index in [1.165, 1.54) is 6.07 Å². The monoisotopic (exact) mass is 291 g/mol. The van der Waals surface area contributed by atoms with E-state index in [2.05, 4.69) is 16.7 Å². The van der Waals surface area contributed by atoms with Gasteiger partial charge in [0, 0.05) is 37.7 Å². The Hall–Kier alpha value is -1.41. The largest absolute Gasteiger partial charge is 0.395 e. The van der Waals surface area contributed by atoms with Gasteiger partial charge in [-0.05, 0) is 31.5 Å². The minimum absolute atomic E-state index is 0.0309. The molecule has 1 N–H and O–H groups in total. The van der Waals surface area contributed by atoms with Crippen molar-refractivity contribution in [3.05, 3.63) is 35.1 Å². The summed E-state index contributed by atoms with van der Waals surface area (Å²) in [5.41, 5.74) is 1.34. The lowest BCUT2D eigenvalue weighted by Gasteiger charge is -2.31. The third-order valence-corrected chi connectivity index (χ3v) is 3.71. The fraction of sp³-hybridized carbons (Fsp3) is 0.529. The van der Waals surface area contributed by atoms with Crippen LogP contribution in [0, 0.1) is 17.7 Å². The number of rotatable bonds is 4. The number of aliphatic hydroxyl groups is 1. The van der Waals surface area contributed by atoms with E-state index in [0.29, 0.717) is 24.1 Å². The molecule has 2 rings (SSSR count). The lowest BCUT2D eigenvalue weighted by Crippen LogP contribution is -2.38. The number of methoxy groups -OCH3 is 1. The predicted octanol–water partition coefficient (Wildman–Crippen LogP) is 2.17. The van der Waals surface area contributed by atoms with E-state index in [1.54, 1.807) is 13.2 Å². The van der Waals surface area contributed by atoms with Gasteiger partial charge in [-0.3, -0.25) is 4.90 Å². The summed E-state index contributed by atoms with van der Waals surface area (Å²) in [6.45, 7) is 2.48. The fourth-order valence-corrected chi connectivity index (χ4v) is 2.56. The molecule has 0 bridgehead atoms. The lowest BCUT2D eigenvalue weighted by atomic mass is 10.1. The van der Waals surface area contributed by atoms with E-state index in [1.807, 2.05) is 6.07 Å². The standard InChI is InChI=1S/C17H22FNO2/c1-21-16-6-4-9-19(13-16)12-15-8-7-14(11-17(15)18)5-2-3-10-20/h7-8,11,16,20H,3-4,6,9-10,12-13H2,1H3. The molecule has 0 amide bonds. The first kappa shape index (κ1) is 16.0. The van der Waals surface area contributed by atoms with Crippen molar-refractivity contribution in [1.82, 2.24) is 4.90 Å². The highest BCUT2D eigenvalue weighted by atomic mass is 19.1. The van der Waals surface area contributed by atoms with Gasteiger partial charge in [0.15, 0.2) is 0 Å². The van der Waals surface area contributed by atoms with Crippen molar-refractivity contribution >= 4 is 0 Å². The summed E-state index contributed by atoms with van der Waals surface area (Å²) < 4.78 is 19.5. The molecule has 0 radical (unpaired) electrons. The van der Waals surface area contributed by atoms with Gasteiger partial charge in [0.2, 0.25) is 0 Å². The van der Waals surface area contributed by atoms with Gasteiger partial charge in [-0.15, -0.1) is 0 Å². The van der Waals surface area contributed by atoms with Crippen molar-refractivity contribution in [3.63, 3.8) is 0 Å². The van der Waals surface area contributed by atoms with Crippen molar-refractivity contribution < 1.29 is 14.2 Å². The third-order valence-electron chi connectivity index (χ3n) is 3.71. The van der Waals surface area contributed by atoms with Crippen LogP contribution < -0.4 is 0 Å². The molecule has 0 aromatic heterocycles. The average molecular weight is 291 g/mol. The molecular formula is C17H22FNO2. The van der Waals surface area contributed by atoms with Crippen LogP contribution in [0.5, 0.6) is 0 Å².